The van der Waals surface area contributed by atoms with E-state index >= 15 is 0 Å². The highest BCUT2D eigenvalue weighted by Crippen LogP contribution is 2.30. The minimum Gasteiger partial charge on any atom is -0.494 e. The fourth-order valence-electron chi connectivity index (χ4n) is 4.69. The van der Waals surface area contributed by atoms with Gasteiger partial charge in [0.2, 0.25) is 0 Å². The van der Waals surface area contributed by atoms with Crippen LogP contribution in [0.15, 0.2) is 54.6 Å². The lowest BCUT2D eigenvalue weighted by atomic mass is 10.3. The molecule has 12 heteroatoms. The summed E-state index contributed by atoms with van der Waals surface area (Å²) in [5, 5.41) is 0. The maximum absolute atomic E-state index is 11.8. The number of para-hydroxylation sites is 1. The van der Waals surface area contributed by atoms with E-state index in [0.717, 1.165) is 43.1 Å². The molecule has 0 saturated carbocycles. The molecule has 0 fully saturated rings. The topological polar surface area (TPSA) is 89.5 Å². The highest BCUT2D eigenvalue weighted by atomic mass is 28.5. The van der Waals surface area contributed by atoms with Crippen LogP contribution in [0.4, 0.5) is 0 Å². The molecule has 0 radical (unpaired) electrons. The second-order valence-corrected chi connectivity index (χ2v) is 28.7. The van der Waals surface area contributed by atoms with E-state index in [2.05, 4.69) is 59.0 Å². The van der Waals surface area contributed by atoms with Gasteiger partial charge in [0.15, 0.2) is 16.6 Å². The van der Waals surface area contributed by atoms with Crippen LogP contribution in [-0.2, 0) is 31.4 Å². The number of hydrogen-bond acceptors (Lipinski definition) is 8. The number of rotatable bonds is 21. The number of carbonyl (C=O) groups is 2. The average molecular weight is 655 g/mol. The van der Waals surface area contributed by atoms with Gasteiger partial charge in [0, 0.05) is 11.1 Å². The van der Waals surface area contributed by atoms with Crippen LogP contribution >= 0.6 is 0 Å². The lowest BCUT2D eigenvalue weighted by Gasteiger charge is -2.42. The first-order valence-corrected chi connectivity index (χ1v) is 26.4. The molecule has 1 atom stereocenters. The van der Waals surface area contributed by atoms with Crippen molar-refractivity contribution in [2.24, 2.45) is 0 Å². The van der Waals surface area contributed by atoms with Crippen molar-refractivity contribution in [2.45, 2.75) is 97.1 Å². The Hall–Kier alpha value is -1.81. The van der Waals surface area contributed by atoms with Crippen molar-refractivity contribution < 1.29 is 36.1 Å². The van der Waals surface area contributed by atoms with Gasteiger partial charge in [0.1, 0.15) is 5.75 Å². The Kier molecular flexibility index (Phi) is 15.9. The minimum absolute atomic E-state index is 0.348. The maximum Gasteiger partial charge on any atom is 0.333 e. The number of carbonyl (C=O) groups excluding carboxylic acids is 2. The third-order valence-corrected chi connectivity index (χ3v) is 22.5. The van der Waals surface area contributed by atoms with E-state index in [9.17, 15) is 9.59 Å². The van der Waals surface area contributed by atoms with E-state index in [4.69, 9.17) is 26.6 Å². The van der Waals surface area contributed by atoms with Gasteiger partial charge >= 0.3 is 29.1 Å². The van der Waals surface area contributed by atoms with Crippen molar-refractivity contribution in [2.75, 3.05) is 19.8 Å². The van der Waals surface area contributed by atoms with E-state index in [1.807, 2.05) is 30.3 Å². The zero-order chi connectivity index (χ0) is 32.0. The fourth-order valence-corrected chi connectivity index (χ4v) is 24.3. The van der Waals surface area contributed by atoms with E-state index in [-0.39, 0.29) is 11.9 Å². The summed E-state index contributed by atoms with van der Waals surface area (Å²) >= 11 is 0. The Labute approximate surface area is 258 Å². The Bertz CT molecular complexity index is 1030. The van der Waals surface area contributed by atoms with Crippen molar-refractivity contribution in [3.8, 4) is 5.75 Å². The molecule has 1 aromatic carbocycles. The van der Waals surface area contributed by atoms with Gasteiger partial charge in [0.25, 0.3) is 0 Å². The van der Waals surface area contributed by atoms with Gasteiger partial charge in [-0.25, -0.2) is 9.59 Å². The van der Waals surface area contributed by atoms with E-state index < -0.39 is 33.8 Å². The molecule has 0 aliphatic heterocycles. The summed E-state index contributed by atoms with van der Waals surface area (Å²) < 4.78 is 37.3. The van der Waals surface area contributed by atoms with E-state index in [0.29, 0.717) is 31.0 Å². The van der Waals surface area contributed by atoms with Gasteiger partial charge in [-0.2, -0.15) is 0 Å². The molecular weight excluding hydrogens is 601 g/mol. The molecule has 8 nitrogen and oxygen atoms in total. The lowest BCUT2D eigenvalue weighted by molar-refractivity contribution is -0.139. The predicted molar refractivity (Wildman–Crippen MR) is 179 cm³/mol. The maximum atomic E-state index is 11.8. The van der Waals surface area contributed by atoms with Crippen molar-refractivity contribution >= 4 is 45.7 Å². The van der Waals surface area contributed by atoms with Crippen molar-refractivity contribution in [3.63, 3.8) is 0 Å². The summed E-state index contributed by atoms with van der Waals surface area (Å²) in [6.45, 7) is 27.0. The van der Waals surface area contributed by atoms with E-state index in [1.54, 1.807) is 13.8 Å². The molecule has 0 aliphatic rings. The highest BCUT2D eigenvalue weighted by Gasteiger charge is 2.45. The second-order valence-electron chi connectivity index (χ2n) is 12.7. The average Bonchev–Trinajstić information content (AvgIpc) is 2.85. The highest BCUT2D eigenvalue weighted by molar-refractivity contribution is 6.89. The van der Waals surface area contributed by atoms with Crippen molar-refractivity contribution in [1.82, 2.24) is 0 Å². The molecule has 0 N–H and O–H groups in total. The van der Waals surface area contributed by atoms with Crippen LogP contribution in [-0.4, -0.2) is 65.5 Å². The van der Waals surface area contributed by atoms with Gasteiger partial charge in [-0.1, -0.05) is 31.4 Å². The smallest absolute Gasteiger partial charge is 0.333 e. The molecule has 0 heterocycles. The molecule has 238 valence electrons. The van der Waals surface area contributed by atoms with Gasteiger partial charge in [-0.15, -0.1) is 0 Å². The normalized spacial score (nSPS) is 13.6. The summed E-state index contributed by atoms with van der Waals surface area (Å²) in [4.78, 5) is 23.5. The summed E-state index contributed by atoms with van der Waals surface area (Å²) in [5.41, 5.74) is 0.808. The lowest BCUT2D eigenvalue weighted by Crippen LogP contribution is -2.57. The van der Waals surface area contributed by atoms with Gasteiger partial charge < -0.3 is 26.6 Å². The zero-order valence-corrected chi connectivity index (χ0v) is 31.4. The molecule has 0 amide bonds. The van der Waals surface area contributed by atoms with E-state index in [1.165, 1.54) is 0 Å². The zero-order valence-electron chi connectivity index (χ0n) is 27.4. The molecular formula is C30H54O8Si4. The quantitative estimate of drug-likeness (QED) is 0.0577. The first-order valence-electron chi connectivity index (χ1n) is 14.8. The molecule has 0 aromatic heterocycles. The Balaban J connectivity index is 2.86. The third kappa shape index (κ3) is 16.7. The Morgan fingerprint density at radius 3 is 1.57 bits per heavy atom. The fraction of sp³-hybridized carbons (Fsp3) is 0.600. The molecule has 0 saturated heterocycles. The number of esters is 2. The van der Waals surface area contributed by atoms with Crippen LogP contribution < -0.4 is 4.74 Å². The van der Waals surface area contributed by atoms with Crippen LogP contribution in [0, 0.1) is 0 Å². The van der Waals surface area contributed by atoms with Crippen molar-refractivity contribution in [3.05, 3.63) is 54.6 Å². The van der Waals surface area contributed by atoms with Crippen LogP contribution in [0.5, 0.6) is 5.75 Å². The summed E-state index contributed by atoms with van der Waals surface area (Å²) in [6, 6.07) is 12.3. The first-order chi connectivity index (χ1) is 19.4. The molecule has 0 spiro atoms. The molecule has 1 aromatic rings. The van der Waals surface area contributed by atoms with Crippen molar-refractivity contribution in [1.29, 1.82) is 0 Å². The monoisotopic (exact) mass is 654 g/mol. The molecule has 1 rings (SSSR count). The third-order valence-electron chi connectivity index (χ3n) is 6.27. The number of hydrogen-bond donors (Lipinski definition) is 0. The van der Waals surface area contributed by atoms with Crippen LogP contribution in [0.2, 0.25) is 64.0 Å². The SMILES string of the molecule is C=C(C)C(=O)OCCC[Si](C)(C)O[Si](C)(C)O[Si](C)(CCCOc1ccccc1)O[Si](C)(C)CCCOC(=O)C(=C)C. The summed E-state index contributed by atoms with van der Waals surface area (Å²) in [5.74, 6) is 0.132. The van der Waals surface area contributed by atoms with Crippen LogP contribution in [0.3, 0.4) is 0 Å². The largest absolute Gasteiger partial charge is 0.494 e. The first kappa shape index (κ1) is 38.2. The Morgan fingerprint density at radius 2 is 1.10 bits per heavy atom. The summed E-state index contributed by atoms with van der Waals surface area (Å²) in [7, 11) is -9.53. The van der Waals surface area contributed by atoms with Crippen LogP contribution in [0.25, 0.3) is 0 Å². The summed E-state index contributed by atoms with van der Waals surface area (Å²) in [6.07, 6.45) is 2.27. The second kappa shape index (κ2) is 17.5. The Morgan fingerprint density at radius 1 is 0.643 bits per heavy atom. The van der Waals surface area contributed by atoms with Gasteiger partial charge in [0.05, 0.1) is 19.8 Å². The number of benzene rings is 1. The predicted octanol–water partition coefficient (Wildman–Crippen LogP) is 7.71. The molecule has 0 aliphatic carbocycles. The molecule has 1 unspecified atom stereocenters. The van der Waals surface area contributed by atoms with Gasteiger partial charge in [-0.3, -0.25) is 0 Å². The van der Waals surface area contributed by atoms with Gasteiger partial charge in [-0.05, 0) is 109 Å². The van der Waals surface area contributed by atoms with Crippen LogP contribution in [0.1, 0.15) is 33.1 Å². The molecule has 42 heavy (non-hydrogen) atoms. The molecule has 0 bridgehead atoms. The minimum atomic E-state index is -2.68. The standard InChI is InChI=1S/C30H54O8Si4/c1-26(2)29(31)34-21-15-23-39(5,6)36-41(9,10)38-42(11,25-17-20-33-28-18-13-12-14-19-28)37-40(7,8)24-16-22-35-30(32)27(3)4/h12-14,18-19H,1,3,15-17,20-25H2,2,4-11H3. The number of ether oxygens (including phenoxy) is 3.